The third-order valence-electron chi connectivity index (χ3n) is 3.32. The van der Waals surface area contributed by atoms with Crippen LogP contribution < -0.4 is 10.1 Å². The van der Waals surface area contributed by atoms with Crippen molar-refractivity contribution in [1.29, 1.82) is 0 Å². The minimum Gasteiger partial charge on any atom is -0.491 e. The van der Waals surface area contributed by atoms with Gasteiger partial charge in [0.25, 0.3) is 0 Å². The Hall–Kier alpha value is -1.55. The van der Waals surface area contributed by atoms with Gasteiger partial charge in [0.05, 0.1) is 0 Å². The van der Waals surface area contributed by atoms with E-state index in [2.05, 4.69) is 11.4 Å². The molecule has 1 atom stereocenters. The molecule has 1 aromatic rings. The third-order valence-corrected chi connectivity index (χ3v) is 3.32. The number of carboxylic acid groups (broad SMARTS) is 1. The Morgan fingerprint density at radius 3 is 2.79 bits per heavy atom. The predicted octanol–water partition coefficient (Wildman–Crippen LogP) is 2.01. The number of nitrogens with one attached hydrogen (secondary N) is 1. The molecule has 0 spiro atoms. The summed E-state index contributed by atoms with van der Waals surface area (Å²) >= 11 is 0. The van der Waals surface area contributed by atoms with Gasteiger partial charge in [0.1, 0.15) is 18.4 Å². The van der Waals surface area contributed by atoms with Crippen LogP contribution in [0.2, 0.25) is 0 Å². The topological polar surface area (TPSA) is 58.6 Å². The molecule has 4 nitrogen and oxygen atoms in total. The van der Waals surface area contributed by atoms with Gasteiger partial charge in [0, 0.05) is 6.04 Å². The third kappa shape index (κ3) is 3.70. The minimum atomic E-state index is -0.880. The summed E-state index contributed by atoms with van der Waals surface area (Å²) in [5.74, 6) is -0.118. The molecule has 1 unspecified atom stereocenters. The molecule has 0 fully saturated rings. The first kappa shape index (κ1) is 13.9. The second-order valence-corrected chi connectivity index (χ2v) is 5.31. The van der Waals surface area contributed by atoms with Crippen LogP contribution >= 0.6 is 0 Å². The van der Waals surface area contributed by atoms with Crippen molar-refractivity contribution in [2.24, 2.45) is 0 Å². The summed E-state index contributed by atoms with van der Waals surface area (Å²) in [6.07, 6.45) is 3.44. The van der Waals surface area contributed by atoms with E-state index >= 15 is 0 Å². The molecule has 2 rings (SSSR count). The first-order valence-electron chi connectivity index (χ1n) is 6.79. The van der Waals surface area contributed by atoms with Crippen molar-refractivity contribution in [3.63, 3.8) is 0 Å². The normalized spacial score (nSPS) is 15.3. The Labute approximate surface area is 113 Å². The molecule has 0 radical (unpaired) electrons. The molecule has 1 aliphatic rings. The summed E-state index contributed by atoms with van der Waals surface area (Å²) in [4.78, 5) is 11.1. The maximum absolute atomic E-state index is 11.1. The van der Waals surface area contributed by atoms with Crippen molar-refractivity contribution in [3.8, 4) is 5.75 Å². The molecule has 0 amide bonds. The summed E-state index contributed by atoms with van der Waals surface area (Å²) in [6, 6.07) is 5.50. The summed E-state index contributed by atoms with van der Waals surface area (Å²) < 4.78 is 5.61. The molecule has 0 heterocycles. The lowest BCUT2D eigenvalue weighted by Crippen LogP contribution is -2.44. The van der Waals surface area contributed by atoms with Gasteiger partial charge >= 0.3 is 5.97 Å². The number of benzene rings is 1. The number of hydrogen-bond donors (Lipinski definition) is 2. The van der Waals surface area contributed by atoms with Crippen molar-refractivity contribution >= 4 is 5.97 Å². The zero-order valence-electron chi connectivity index (χ0n) is 11.5. The van der Waals surface area contributed by atoms with Crippen LogP contribution in [0.3, 0.4) is 0 Å². The zero-order valence-corrected chi connectivity index (χ0v) is 11.5. The quantitative estimate of drug-likeness (QED) is 0.824. The highest BCUT2D eigenvalue weighted by Crippen LogP contribution is 2.26. The Bertz CT molecular complexity index is 457. The van der Waals surface area contributed by atoms with Gasteiger partial charge < -0.3 is 9.84 Å². The highest BCUT2D eigenvalue weighted by molar-refractivity contribution is 5.73. The fourth-order valence-corrected chi connectivity index (χ4v) is 2.41. The number of carbonyl (C=O) groups is 1. The first-order chi connectivity index (χ1) is 9.06. The van der Waals surface area contributed by atoms with E-state index in [0.717, 1.165) is 18.6 Å². The van der Waals surface area contributed by atoms with Crippen LogP contribution in [-0.4, -0.2) is 29.8 Å². The highest BCUT2D eigenvalue weighted by Gasteiger charge is 2.19. The largest absolute Gasteiger partial charge is 0.491 e. The molecule has 4 heteroatoms. The van der Waals surface area contributed by atoms with Gasteiger partial charge in [-0.3, -0.25) is 10.1 Å². The number of rotatable bonds is 6. The minimum absolute atomic E-state index is 0.115. The molecule has 0 bridgehead atoms. The van der Waals surface area contributed by atoms with E-state index in [1.165, 1.54) is 17.5 Å². The van der Waals surface area contributed by atoms with Gasteiger partial charge in [0.15, 0.2) is 0 Å². The van der Waals surface area contributed by atoms with Crippen molar-refractivity contribution in [3.05, 3.63) is 29.3 Å². The van der Waals surface area contributed by atoms with Crippen LogP contribution in [0.25, 0.3) is 0 Å². The maximum Gasteiger partial charge on any atom is 0.324 e. The maximum atomic E-state index is 11.1. The second kappa shape index (κ2) is 6.06. The zero-order chi connectivity index (χ0) is 13.8. The van der Waals surface area contributed by atoms with Crippen LogP contribution in [0, 0.1) is 0 Å². The van der Waals surface area contributed by atoms with Gasteiger partial charge in [-0.1, -0.05) is 19.9 Å². The van der Waals surface area contributed by atoms with Crippen LogP contribution in [0.5, 0.6) is 5.75 Å². The molecule has 0 saturated heterocycles. The summed E-state index contributed by atoms with van der Waals surface area (Å²) in [5, 5.41) is 12.1. The Kier molecular flexibility index (Phi) is 4.43. The van der Waals surface area contributed by atoms with E-state index in [1.54, 1.807) is 0 Å². The lowest BCUT2D eigenvalue weighted by Gasteiger charge is -2.18. The number of aliphatic carboxylic acids is 1. The average Bonchev–Trinajstić information content (AvgIpc) is 2.80. The van der Waals surface area contributed by atoms with Gasteiger partial charge in [0.2, 0.25) is 0 Å². The Balaban J connectivity index is 1.95. The van der Waals surface area contributed by atoms with E-state index in [9.17, 15) is 4.79 Å². The van der Waals surface area contributed by atoms with Gasteiger partial charge in [-0.2, -0.15) is 0 Å². The lowest BCUT2D eigenvalue weighted by atomic mass is 10.1. The monoisotopic (exact) mass is 263 g/mol. The van der Waals surface area contributed by atoms with Crippen LogP contribution in [0.1, 0.15) is 31.4 Å². The summed E-state index contributed by atoms with van der Waals surface area (Å²) in [7, 11) is 0. The Morgan fingerprint density at radius 1 is 1.37 bits per heavy atom. The van der Waals surface area contributed by atoms with Crippen molar-refractivity contribution < 1.29 is 14.6 Å². The lowest BCUT2D eigenvalue weighted by molar-refractivity contribution is -0.140. The highest BCUT2D eigenvalue weighted by atomic mass is 16.5. The fraction of sp³-hybridized carbons (Fsp3) is 0.533. The summed E-state index contributed by atoms with van der Waals surface area (Å²) in [5.41, 5.74) is 2.73. The van der Waals surface area contributed by atoms with E-state index in [4.69, 9.17) is 9.84 Å². The molecule has 19 heavy (non-hydrogen) atoms. The van der Waals surface area contributed by atoms with Gasteiger partial charge in [-0.25, -0.2) is 0 Å². The molecule has 104 valence electrons. The van der Waals surface area contributed by atoms with Gasteiger partial charge in [-0.15, -0.1) is 0 Å². The van der Waals surface area contributed by atoms with Crippen molar-refractivity contribution in [1.82, 2.24) is 5.32 Å². The average molecular weight is 263 g/mol. The van der Waals surface area contributed by atoms with E-state index < -0.39 is 12.0 Å². The molecule has 1 aromatic carbocycles. The molecule has 0 saturated carbocycles. The van der Waals surface area contributed by atoms with Crippen LogP contribution in [-0.2, 0) is 17.6 Å². The smallest absolute Gasteiger partial charge is 0.324 e. The molecule has 0 aromatic heterocycles. The fourth-order valence-electron chi connectivity index (χ4n) is 2.41. The summed E-state index contributed by atoms with van der Waals surface area (Å²) in [6.45, 7) is 3.99. The van der Waals surface area contributed by atoms with Crippen molar-refractivity contribution in [2.45, 2.75) is 45.2 Å². The molecule has 1 aliphatic carbocycles. The molecule has 0 aliphatic heterocycles. The molecular weight excluding hydrogens is 242 g/mol. The molecule has 2 N–H and O–H groups in total. The number of hydrogen-bond acceptors (Lipinski definition) is 3. The molecular formula is C15H21NO3. The van der Waals surface area contributed by atoms with Gasteiger partial charge in [-0.05, 0) is 42.5 Å². The van der Waals surface area contributed by atoms with Crippen LogP contribution in [0.4, 0.5) is 0 Å². The van der Waals surface area contributed by atoms with E-state index in [1.807, 2.05) is 26.0 Å². The SMILES string of the molecule is CC(C)NC(COc1ccc2c(c1)CCC2)C(=O)O. The van der Waals surface area contributed by atoms with Crippen LogP contribution in [0.15, 0.2) is 18.2 Å². The number of aryl methyl sites for hydroxylation is 2. The predicted molar refractivity (Wildman–Crippen MR) is 73.7 cm³/mol. The standard InChI is InChI=1S/C15H21NO3/c1-10(2)16-14(15(17)18)9-19-13-7-6-11-4-3-5-12(11)8-13/h6-8,10,14,16H,3-5,9H2,1-2H3,(H,17,18). The first-order valence-corrected chi connectivity index (χ1v) is 6.79. The number of carboxylic acids is 1. The van der Waals surface area contributed by atoms with E-state index in [-0.39, 0.29) is 12.6 Å². The number of fused-ring (bicyclic) bond motifs is 1. The number of ether oxygens (including phenoxy) is 1. The Morgan fingerprint density at radius 2 is 2.11 bits per heavy atom. The van der Waals surface area contributed by atoms with Crippen molar-refractivity contribution in [2.75, 3.05) is 6.61 Å². The second-order valence-electron chi connectivity index (χ2n) is 5.31. The van der Waals surface area contributed by atoms with E-state index in [0.29, 0.717) is 0 Å².